The van der Waals surface area contributed by atoms with Crippen LogP contribution in [0.25, 0.3) is 0 Å². The highest BCUT2D eigenvalue weighted by Crippen LogP contribution is 2.27. The summed E-state index contributed by atoms with van der Waals surface area (Å²) in [5, 5.41) is 5.27. The Morgan fingerprint density at radius 1 is 0.411 bits per heavy atom. The molecule has 0 saturated heterocycles. The first-order valence-corrected chi connectivity index (χ1v) is 24.1. The van der Waals surface area contributed by atoms with Crippen molar-refractivity contribution in [2.45, 2.75) is 144 Å². The SMILES string of the molecule is CC(C)(C)OC(=O)C[C@H](NC(=O)c1cc(OCCOCCOc2cc(OCc3ccccc3)cc(C(=O)N[C@@H](CC(=O)OC(C)(C)C)C(=O)OC(C)(C)C)c2)cc(OCc2ccccc2)c1)C(=O)OC(C)(C)C. The third-order valence-electron chi connectivity index (χ3n) is 9.35. The lowest BCUT2D eigenvalue weighted by Gasteiger charge is -2.26. The molecule has 2 amide bonds. The zero-order valence-corrected chi connectivity index (χ0v) is 44.2. The van der Waals surface area contributed by atoms with E-state index in [4.69, 9.17) is 42.6 Å². The van der Waals surface area contributed by atoms with Crippen LogP contribution in [-0.2, 0) is 56.1 Å². The molecule has 73 heavy (non-hydrogen) atoms. The molecule has 0 aliphatic rings. The second kappa shape index (κ2) is 26.5. The first-order valence-electron chi connectivity index (χ1n) is 24.1. The van der Waals surface area contributed by atoms with Crippen LogP contribution < -0.4 is 29.6 Å². The third kappa shape index (κ3) is 23.3. The summed E-state index contributed by atoms with van der Waals surface area (Å²) in [6.07, 6.45) is -0.936. The van der Waals surface area contributed by atoms with Gasteiger partial charge in [0.1, 0.15) is 83.9 Å². The maximum absolute atomic E-state index is 13.8. The molecule has 0 saturated carbocycles. The maximum atomic E-state index is 13.8. The number of esters is 4. The van der Waals surface area contributed by atoms with Gasteiger partial charge < -0.3 is 53.3 Å². The van der Waals surface area contributed by atoms with E-state index in [1.807, 2.05) is 60.7 Å². The van der Waals surface area contributed by atoms with Gasteiger partial charge in [-0.25, -0.2) is 9.59 Å². The molecule has 2 N–H and O–H groups in total. The molecule has 0 aromatic heterocycles. The van der Waals surface area contributed by atoms with Crippen LogP contribution in [0.3, 0.4) is 0 Å². The quantitative estimate of drug-likeness (QED) is 0.0382. The van der Waals surface area contributed by atoms with Gasteiger partial charge >= 0.3 is 23.9 Å². The largest absolute Gasteiger partial charge is 0.491 e. The molecule has 0 spiro atoms. The van der Waals surface area contributed by atoms with Crippen molar-refractivity contribution >= 4 is 35.7 Å². The van der Waals surface area contributed by atoms with E-state index in [2.05, 4.69) is 10.6 Å². The molecule has 0 aliphatic carbocycles. The number of carbonyl (C=O) groups is 6. The number of rotatable bonds is 24. The number of nitrogens with one attached hydrogen (secondary N) is 2. The van der Waals surface area contributed by atoms with Crippen LogP contribution >= 0.6 is 0 Å². The zero-order valence-electron chi connectivity index (χ0n) is 44.2. The van der Waals surface area contributed by atoms with Gasteiger partial charge in [-0.1, -0.05) is 60.7 Å². The first kappa shape index (κ1) is 58.4. The van der Waals surface area contributed by atoms with Crippen molar-refractivity contribution < 1.29 is 71.4 Å². The van der Waals surface area contributed by atoms with Gasteiger partial charge in [0.05, 0.1) is 26.1 Å². The molecule has 0 aliphatic heterocycles. The molecule has 0 radical (unpaired) electrons. The van der Waals surface area contributed by atoms with Crippen molar-refractivity contribution in [3.8, 4) is 23.0 Å². The van der Waals surface area contributed by atoms with Crippen LogP contribution in [-0.4, -0.2) is 96.6 Å². The van der Waals surface area contributed by atoms with E-state index in [0.717, 1.165) is 11.1 Å². The van der Waals surface area contributed by atoms with E-state index in [9.17, 15) is 28.8 Å². The predicted octanol–water partition coefficient (Wildman–Crippen LogP) is 8.66. The van der Waals surface area contributed by atoms with Crippen molar-refractivity contribution in [1.29, 1.82) is 0 Å². The van der Waals surface area contributed by atoms with E-state index in [1.54, 1.807) is 95.2 Å². The number of hydrogen-bond acceptors (Lipinski definition) is 15. The summed E-state index contributed by atoms with van der Waals surface area (Å²) >= 11 is 0. The van der Waals surface area contributed by atoms with Crippen molar-refractivity contribution in [3.05, 3.63) is 119 Å². The van der Waals surface area contributed by atoms with Gasteiger partial charge in [-0.15, -0.1) is 0 Å². The summed E-state index contributed by atoms with van der Waals surface area (Å²) in [6, 6.07) is 25.3. The summed E-state index contributed by atoms with van der Waals surface area (Å²) in [7, 11) is 0. The topological polar surface area (TPSA) is 210 Å². The molecule has 17 heteroatoms. The van der Waals surface area contributed by atoms with Crippen molar-refractivity contribution in [2.75, 3.05) is 26.4 Å². The molecule has 396 valence electrons. The maximum Gasteiger partial charge on any atom is 0.329 e. The lowest BCUT2D eigenvalue weighted by atomic mass is 10.1. The van der Waals surface area contributed by atoms with E-state index >= 15 is 0 Å². The minimum atomic E-state index is -1.36. The van der Waals surface area contributed by atoms with Crippen LogP contribution in [0.4, 0.5) is 0 Å². The van der Waals surface area contributed by atoms with Gasteiger partial charge in [-0.2, -0.15) is 0 Å². The smallest absolute Gasteiger partial charge is 0.329 e. The Morgan fingerprint density at radius 3 is 1.04 bits per heavy atom. The minimum Gasteiger partial charge on any atom is -0.491 e. The minimum absolute atomic E-state index is 0.0393. The standard InChI is InChI=1S/C56H72N2O15/c1-53(2,3)70-47(59)33-45(51(63)72-55(7,8)9)57-49(61)39-27-41(31-43(29-39)68-35-37-19-15-13-16-20-37)66-25-23-65-24-26-67-42-28-40(30-44(32-42)69-36-38-21-17-14-18-22-38)50(62)58-46(52(64)73-56(10,11)12)34-48(60)71-54(4,5)6/h13-22,27-32,45-46H,23-26,33-36H2,1-12H3,(H,57,61)(H,58,62)/t45-,46-/m0/s1. The summed E-state index contributed by atoms with van der Waals surface area (Å²) < 4.78 is 51.9. The second-order valence-electron chi connectivity index (χ2n) is 20.9. The van der Waals surface area contributed by atoms with E-state index < -0.39 is 83.0 Å². The van der Waals surface area contributed by atoms with Crippen LogP contribution in [0, 0.1) is 0 Å². The summed E-state index contributed by atoms with van der Waals surface area (Å²) in [4.78, 5) is 79.9. The van der Waals surface area contributed by atoms with Crippen LogP contribution in [0.15, 0.2) is 97.1 Å². The highest BCUT2D eigenvalue weighted by atomic mass is 16.6. The van der Waals surface area contributed by atoms with Crippen molar-refractivity contribution in [2.24, 2.45) is 0 Å². The highest BCUT2D eigenvalue weighted by molar-refractivity contribution is 5.99. The van der Waals surface area contributed by atoms with Crippen molar-refractivity contribution in [1.82, 2.24) is 10.6 Å². The average molecular weight is 1010 g/mol. The Kier molecular flexibility index (Phi) is 21.2. The van der Waals surface area contributed by atoms with Gasteiger partial charge in [-0.3, -0.25) is 19.2 Å². The Morgan fingerprint density at radius 2 is 0.726 bits per heavy atom. The second-order valence-corrected chi connectivity index (χ2v) is 20.9. The zero-order chi connectivity index (χ0) is 54.0. The van der Waals surface area contributed by atoms with Gasteiger partial charge in [0, 0.05) is 23.3 Å². The van der Waals surface area contributed by atoms with Crippen molar-refractivity contribution in [3.63, 3.8) is 0 Å². The fourth-order valence-electron chi connectivity index (χ4n) is 6.47. The van der Waals surface area contributed by atoms with Gasteiger partial charge in [0.15, 0.2) is 0 Å². The van der Waals surface area contributed by atoms with E-state index in [0.29, 0.717) is 11.5 Å². The molecule has 0 unspecified atom stereocenters. The summed E-state index contributed by atoms with van der Waals surface area (Å²) in [5.74, 6) is -3.29. The van der Waals surface area contributed by atoms with E-state index in [1.165, 1.54) is 24.3 Å². The molecular weight excluding hydrogens is 941 g/mol. The molecule has 0 fully saturated rings. The Balaban J connectivity index is 1.46. The number of carbonyl (C=O) groups excluding carboxylic acids is 6. The summed E-state index contributed by atoms with van der Waals surface area (Å²) in [5.41, 5.74) is -1.53. The fraction of sp³-hybridized carbons (Fsp3) is 0.464. The third-order valence-corrected chi connectivity index (χ3v) is 9.35. The molecule has 4 aromatic carbocycles. The molecule has 4 aromatic rings. The lowest BCUT2D eigenvalue weighted by molar-refractivity contribution is -0.164. The van der Waals surface area contributed by atoms with Crippen LogP contribution in [0.1, 0.15) is 128 Å². The summed E-state index contributed by atoms with van der Waals surface area (Å²) in [6.45, 7) is 20.9. The van der Waals surface area contributed by atoms with Crippen LogP contribution in [0.2, 0.25) is 0 Å². The Bertz CT molecular complexity index is 2290. The molecule has 17 nitrogen and oxygen atoms in total. The normalized spacial score (nSPS) is 12.5. The predicted molar refractivity (Wildman–Crippen MR) is 271 cm³/mol. The monoisotopic (exact) mass is 1010 g/mol. The Hall–Kier alpha value is -7.14. The number of hydrogen-bond donors (Lipinski definition) is 2. The molecular formula is C56H72N2O15. The number of ether oxygens (including phenoxy) is 9. The number of amides is 2. The van der Waals surface area contributed by atoms with E-state index in [-0.39, 0.29) is 62.3 Å². The van der Waals surface area contributed by atoms with Gasteiger partial charge in [0.2, 0.25) is 0 Å². The molecule has 4 rings (SSSR count). The molecule has 0 heterocycles. The highest BCUT2D eigenvalue weighted by Gasteiger charge is 2.33. The van der Waals surface area contributed by atoms with Gasteiger partial charge in [-0.05, 0) is 118 Å². The molecule has 0 bridgehead atoms. The lowest BCUT2D eigenvalue weighted by Crippen LogP contribution is -2.46. The Labute approximate surface area is 428 Å². The van der Waals surface area contributed by atoms with Crippen LogP contribution in [0.5, 0.6) is 23.0 Å². The fourth-order valence-corrected chi connectivity index (χ4v) is 6.47. The molecule has 2 atom stereocenters. The number of benzene rings is 4. The first-order chi connectivity index (χ1) is 34.1. The average Bonchev–Trinajstić information content (AvgIpc) is 3.27. The van der Waals surface area contributed by atoms with Gasteiger partial charge in [0.25, 0.3) is 11.8 Å².